The van der Waals surface area contributed by atoms with Gasteiger partial charge >= 0.3 is 5.97 Å². The zero-order valence-corrected chi connectivity index (χ0v) is 10.5. The Kier molecular flexibility index (Phi) is 3.57. The number of hydrogen-bond acceptors (Lipinski definition) is 2. The standard InChI is InChI=1S/C15H17NO2/c1-3-8-16(10-12-4-5-12)14-7-6-13(15(17)18)9-11(14)2/h1,6-7,9,12H,4-5,8,10H2,2H3,(H,17,18). The van der Waals surface area contributed by atoms with Crippen LogP contribution in [0.5, 0.6) is 0 Å². The second-order valence-corrected chi connectivity index (χ2v) is 4.83. The molecule has 3 nitrogen and oxygen atoms in total. The second-order valence-electron chi connectivity index (χ2n) is 4.83. The summed E-state index contributed by atoms with van der Waals surface area (Å²) in [6.07, 6.45) is 7.95. The van der Waals surface area contributed by atoms with E-state index in [0.717, 1.165) is 23.7 Å². The number of carbonyl (C=O) groups is 1. The molecule has 0 spiro atoms. The molecule has 0 atom stereocenters. The van der Waals surface area contributed by atoms with Crippen molar-refractivity contribution in [1.29, 1.82) is 0 Å². The predicted molar refractivity (Wildman–Crippen MR) is 71.9 cm³/mol. The molecule has 0 saturated heterocycles. The molecule has 1 aromatic carbocycles. The Hall–Kier alpha value is -1.95. The molecule has 0 radical (unpaired) electrons. The topological polar surface area (TPSA) is 40.5 Å². The predicted octanol–water partition coefficient (Wildman–Crippen LogP) is 2.54. The van der Waals surface area contributed by atoms with E-state index in [-0.39, 0.29) is 0 Å². The Labute approximate surface area is 107 Å². The molecule has 1 aromatic rings. The summed E-state index contributed by atoms with van der Waals surface area (Å²) >= 11 is 0. The van der Waals surface area contributed by atoms with Gasteiger partial charge in [-0.05, 0) is 49.4 Å². The van der Waals surface area contributed by atoms with E-state index >= 15 is 0 Å². The van der Waals surface area contributed by atoms with Crippen molar-refractivity contribution in [1.82, 2.24) is 0 Å². The monoisotopic (exact) mass is 243 g/mol. The van der Waals surface area contributed by atoms with Crippen LogP contribution in [-0.4, -0.2) is 24.2 Å². The summed E-state index contributed by atoms with van der Waals surface area (Å²) in [5, 5.41) is 8.95. The molecule has 1 N–H and O–H groups in total. The molecule has 1 fully saturated rings. The summed E-state index contributed by atoms with van der Waals surface area (Å²) in [4.78, 5) is 13.1. The van der Waals surface area contributed by atoms with Crippen LogP contribution in [0.15, 0.2) is 18.2 Å². The molecule has 0 amide bonds. The van der Waals surface area contributed by atoms with Gasteiger partial charge in [-0.2, -0.15) is 0 Å². The maximum Gasteiger partial charge on any atom is 0.335 e. The van der Waals surface area contributed by atoms with Crippen molar-refractivity contribution in [2.75, 3.05) is 18.0 Å². The minimum atomic E-state index is -0.893. The van der Waals surface area contributed by atoms with Crippen LogP contribution in [0.2, 0.25) is 0 Å². The van der Waals surface area contributed by atoms with Crippen LogP contribution in [0.4, 0.5) is 5.69 Å². The number of carboxylic acids is 1. The quantitative estimate of drug-likeness (QED) is 0.808. The van der Waals surface area contributed by atoms with Gasteiger partial charge in [-0.3, -0.25) is 0 Å². The van der Waals surface area contributed by atoms with E-state index in [4.69, 9.17) is 11.5 Å². The van der Waals surface area contributed by atoms with Gasteiger partial charge in [0.1, 0.15) is 0 Å². The molecule has 18 heavy (non-hydrogen) atoms. The van der Waals surface area contributed by atoms with Gasteiger partial charge < -0.3 is 10.0 Å². The SMILES string of the molecule is C#CCN(CC1CC1)c1ccc(C(=O)O)cc1C. The lowest BCUT2D eigenvalue weighted by Gasteiger charge is -2.24. The molecule has 3 heteroatoms. The Morgan fingerprint density at radius 3 is 2.78 bits per heavy atom. The van der Waals surface area contributed by atoms with Crippen molar-refractivity contribution in [3.05, 3.63) is 29.3 Å². The number of rotatable bonds is 5. The minimum Gasteiger partial charge on any atom is -0.478 e. The van der Waals surface area contributed by atoms with Gasteiger partial charge in [0.25, 0.3) is 0 Å². The fourth-order valence-electron chi connectivity index (χ4n) is 2.11. The molecule has 94 valence electrons. The van der Waals surface area contributed by atoms with E-state index in [9.17, 15) is 4.79 Å². The molecular formula is C15H17NO2. The van der Waals surface area contributed by atoms with E-state index in [0.29, 0.717) is 12.1 Å². The number of carboxylic acid groups (broad SMARTS) is 1. The summed E-state index contributed by atoms with van der Waals surface area (Å²) in [6.45, 7) is 3.47. The summed E-state index contributed by atoms with van der Waals surface area (Å²) in [6, 6.07) is 5.20. The number of benzene rings is 1. The van der Waals surface area contributed by atoms with Crippen molar-refractivity contribution in [3.8, 4) is 12.3 Å². The van der Waals surface area contributed by atoms with Gasteiger partial charge in [0, 0.05) is 12.2 Å². The average Bonchev–Trinajstić information content (AvgIpc) is 3.12. The Morgan fingerprint density at radius 1 is 1.56 bits per heavy atom. The molecule has 1 aliphatic carbocycles. The molecule has 0 bridgehead atoms. The highest BCUT2D eigenvalue weighted by Gasteiger charge is 2.24. The van der Waals surface area contributed by atoms with Crippen molar-refractivity contribution < 1.29 is 9.90 Å². The number of terminal acetylenes is 1. The largest absolute Gasteiger partial charge is 0.478 e. The summed E-state index contributed by atoms with van der Waals surface area (Å²) in [5.41, 5.74) is 2.33. The first-order chi connectivity index (χ1) is 8.61. The van der Waals surface area contributed by atoms with Crippen LogP contribution in [-0.2, 0) is 0 Å². The van der Waals surface area contributed by atoms with E-state index < -0.39 is 5.97 Å². The zero-order valence-electron chi connectivity index (χ0n) is 10.5. The number of nitrogens with zero attached hydrogens (tertiary/aromatic N) is 1. The van der Waals surface area contributed by atoms with Gasteiger partial charge in [0.05, 0.1) is 12.1 Å². The second kappa shape index (κ2) is 5.14. The fourth-order valence-corrected chi connectivity index (χ4v) is 2.11. The number of aryl methyl sites for hydroxylation is 1. The van der Waals surface area contributed by atoms with Crippen molar-refractivity contribution in [2.45, 2.75) is 19.8 Å². The van der Waals surface area contributed by atoms with E-state index in [1.54, 1.807) is 12.1 Å². The van der Waals surface area contributed by atoms with E-state index in [2.05, 4.69) is 10.8 Å². The maximum absolute atomic E-state index is 10.9. The van der Waals surface area contributed by atoms with Crippen molar-refractivity contribution in [3.63, 3.8) is 0 Å². The summed E-state index contributed by atoms with van der Waals surface area (Å²) in [7, 11) is 0. The Bertz CT molecular complexity index is 498. The lowest BCUT2D eigenvalue weighted by molar-refractivity contribution is 0.0697. The average molecular weight is 243 g/mol. The first kappa shape index (κ1) is 12.5. The fraction of sp³-hybridized carbons (Fsp3) is 0.400. The highest BCUT2D eigenvalue weighted by Crippen LogP contribution is 2.32. The third-order valence-corrected chi connectivity index (χ3v) is 3.24. The van der Waals surface area contributed by atoms with Crippen molar-refractivity contribution in [2.24, 2.45) is 5.92 Å². The third kappa shape index (κ3) is 2.84. The molecule has 0 aromatic heterocycles. The van der Waals surface area contributed by atoms with Crippen molar-refractivity contribution >= 4 is 11.7 Å². The first-order valence-electron chi connectivity index (χ1n) is 6.14. The normalized spacial score (nSPS) is 14.0. The summed E-state index contributed by atoms with van der Waals surface area (Å²) < 4.78 is 0. The van der Waals surface area contributed by atoms with E-state index in [1.807, 2.05) is 13.0 Å². The van der Waals surface area contributed by atoms with Crippen LogP contribution in [0.3, 0.4) is 0 Å². The smallest absolute Gasteiger partial charge is 0.335 e. The van der Waals surface area contributed by atoms with Gasteiger partial charge in [-0.25, -0.2) is 4.79 Å². The lowest BCUT2D eigenvalue weighted by atomic mass is 10.1. The van der Waals surface area contributed by atoms with Gasteiger partial charge in [-0.15, -0.1) is 6.42 Å². The highest BCUT2D eigenvalue weighted by atomic mass is 16.4. The van der Waals surface area contributed by atoms with E-state index in [1.165, 1.54) is 12.8 Å². The number of anilines is 1. The lowest BCUT2D eigenvalue weighted by Crippen LogP contribution is -2.26. The molecule has 1 aliphatic rings. The first-order valence-corrected chi connectivity index (χ1v) is 6.14. The highest BCUT2D eigenvalue weighted by molar-refractivity contribution is 5.88. The maximum atomic E-state index is 10.9. The molecular weight excluding hydrogens is 226 g/mol. The van der Waals surface area contributed by atoms with Gasteiger partial charge in [0.2, 0.25) is 0 Å². The number of aromatic carboxylic acids is 1. The third-order valence-electron chi connectivity index (χ3n) is 3.24. The van der Waals surface area contributed by atoms with Crippen LogP contribution >= 0.6 is 0 Å². The molecule has 2 rings (SSSR count). The van der Waals surface area contributed by atoms with Gasteiger partial charge in [-0.1, -0.05) is 5.92 Å². The van der Waals surface area contributed by atoms with Crippen LogP contribution in [0.25, 0.3) is 0 Å². The van der Waals surface area contributed by atoms with Crippen LogP contribution in [0, 0.1) is 25.2 Å². The zero-order chi connectivity index (χ0) is 13.1. The Balaban J connectivity index is 2.23. The molecule has 0 unspecified atom stereocenters. The van der Waals surface area contributed by atoms with Crippen LogP contribution < -0.4 is 4.90 Å². The van der Waals surface area contributed by atoms with Crippen LogP contribution in [0.1, 0.15) is 28.8 Å². The minimum absolute atomic E-state index is 0.323. The number of hydrogen-bond donors (Lipinski definition) is 1. The molecule has 1 saturated carbocycles. The summed E-state index contributed by atoms with van der Waals surface area (Å²) in [5.74, 6) is 2.53. The Morgan fingerprint density at radius 2 is 2.28 bits per heavy atom. The molecule has 0 aliphatic heterocycles. The molecule has 0 heterocycles. The van der Waals surface area contributed by atoms with Gasteiger partial charge in [0.15, 0.2) is 0 Å².